The number of rotatable bonds is 4. The summed E-state index contributed by atoms with van der Waals surface area (Å²) in [5.41, 5.74) is 11.7. The molecule has 5 heteroatoms. The minimum atomic E-state index is -0.537. The number of carbonyl (C=O) groups is 1. The van der Waals surface area contributed by atoms with E-state index < -0.39 is 11.7 Å². The lowest BCUT2D eigenvalue weighted by Crippen LogP contribution is -2.34. The Morgan fingerprint density at radius 1 is 1.35 bits per heavy atom. The van der Waals surface area contributed by atoms with Crippen LogP contribution in [0.2, 0.25) is 0 Å². The summed E-state index contributed by atoms with van der Waals surface area (Å²) < 4.78 is 5.07. The molecule has 0 aliphatic carbocycles. The van der Waals surface area contributed by atoms with Crippen LogP contribution in [0.15, 0.2) is 36.2 Å². The molecule has 0 aromatic rings. The second kappa shape index (κ2) is 5.98. The maximum absolute atomic E-state index is 11.4. The monoisotopic (exact) mass is 239 g/mol. The van der Waals surface area contributed by atoms with Gasteiger partial charge in [0.1, 0.15) is 5.60 Å². The van der Waals surface area contributed by atoms with Crippen LogP contribution in [0.5, 0.6) is 0 Å². The second-order valence-corrected chi connectivity index (χ2v) is 4.63. The first kappa shape index (κ1) is 15.1. The SMILES string of the molecule is C=C(N)/C=C(/CNC(=O)OC(C)(C)C)C(=C)N. The Hall–Kier alpha value is -1.91. The fourth-order valence-electron chi connectivity index (χ4n) is 0.963. The zero-order valence-corrected chi connectivity index (χ0v) is 10.7. The minimum absolute atomic E-state index is 0.195. The van der Waals surface area contributed by atoms with Crippen molar-refractivity contribution in [1.29, 1.82) is 0 Å². The molecule has 0 radical (unpaired) electrons. The predicted molar refractivity (Wildman–Crippen MR) is 69.0 cm³/mol. The highest BCUT2D eigenvalue weighted by Crippen LogP contribution is 2.07. The Kier molecular flexibility index (Phi) is 5.31. The summed E-state index contributed by atoms with van der Waals surface area (Å²) in [6, 6.07) is 0. The molecular weight excluding hydrogens is 218 g/mol. The molecule has 0 aromatic carbocycles. The number of allylic oxidation sites excluding steroid dienone is 1. The van der Waals surface area contributed by atoms with Gasteiger partial charge < -0.3 is 21.5 Å². The van der Waals surface area contributed by atoms with Crippen molar-refractivity contribution in [2.45, 2.75) is 26.4 Å². The third-order valence-electron chi connectivity index (χ3n) is 1.59. The van der Waals surface area contributed by atoms with Gasteiger partial charge in [-0.2, -0.15) is 0 Å². The molecular formula is C12H21N3O2. The fourth-order valence-corrected chi connectivity index (χ4v) is 0.963. The Bertz CT molecular complexity index is 351. The van der Waals surface area contributed by atoms with E-state index in [-0.39, 0.29) is 6.54 Å². The van der Waals surface area contributed by atoms with Crippen LogP contribution in [-0.2, 0) is 4.74 Å². The Morgan fingerprint density at radius 3 is 2.24 bits per heavy atom. The van der Waals surface area contributed by atoms with Gasteiger partial charge in [0, 0.05) is 17.9 Å². The molecule has 96 valence electrons. The van der Waals surface area contributed by atoms with Gasteiger partial charge in [-0.15, -0.1) is 0 Å². The summed E-state index contributed by atoms with van der Waals surface area (Å²) in [6.45, 7) is 12.7. The third-order valence-corrected chi connectivity index (χ3v) is 1.59. The van der Waals surface area contributed by atoms with Gasteiger partial charge in [-0.05, 0) is 32.4 Å². The van der Waals surface area contributed by atoms with E-state index in [1.54, 1.807) is 26.8 Å². The minimum Gasteiger partial charge on any atom is -0.444 e. The molecule has 5 nitrogen and oxygen atoms in total. The topological polar surface area (TPSA) is 90.4 Å². The molecule has 0 heterocycles. The van der Waals surface area contributed by atoms with E-state index >= 15 is 0 Å². The summed E-state index contributed by atoms with van der Waals surface area (Å²) >= 11 is 0. The number of amides is 1. The Morgan fingerprint density at radius 2 is 1.88 bits per heavy atom. The molecule has 0 aliphatic rings. The molecule has 0 unspecified atom stereocenters. The summed E-state index contributed by atoms with van der Waals surface area (Å²) in [7, 11) is 0. The average Bonchev–Trinajstić information content (AvgIpc) is 2.08. The Balaban J connectivity index is 4.39. The molecule has 0 fully saturated rings. The van der Waals surface area contributed by atoms with Crippen LogP contribution in [0.25, 0.3) is 0 Å². The van der Waals surface area contributed by atoms with Crippen LogP contribution < -0.4 is 16.8 Å². The maximum atomic E-state index is 11.4. The molecule has 17 heavy (non-hydrogen) atoms. The van der Waals surface area contributed by atoms with Gasteiger partial charge in [0.25, 0.3) is 0 Å². The highest BCUT2D eigenvalue weighted by atomic mass is 16.6. The van der Waals surface area contributed by atoms with Crippen LogP contribution in [0.3, 0.4) is 0 Å². The van der Waals surface area contributed by atoms with Crippen molar-refractivity contribution in [3.63, 3.8) is 0 Å². The van der Waals surface area contributed by atoms with Gasteiger partial charge in [-0.1, -0.05) is 13.2 Å². The molecule has 0 rings (SSSR count). The fraction of sp³-hybridized carbons (Fsp3) is 0.417. The van der Waals surface area contributed by atoms with Gasteiger partial charge in [-0.25, -0.2) is 4.79 Å². The molecule has 0 saturated heterocycles. The molecule has 0 saturated carbocycles. The van der Waals surface area contributed by atoms with E-state index in [0.29, 0.717) is 17.0 Å². The number of hydrogen-bond donors (Lipinski definition) is 3. The normalized spacial score (nSPS) is 11.8. The second-order valence-electron chi connectivity index (χ2n) is 4.63. The van der Waals surface area contributed by atoms with Crippen molar-refractivity contribution in [2.24, 2.45) is 11.5 Å². The van der Waals surface area contributed by atoms with Crippen molar-refractivity contribution in [2.75, 3.05) is 6.54 Å². The number of hydrogen-bond acceptors (Lipinski definition) is 4. The van der Waals surface area contributed by atoms with Gasteiger partial charge in [0.05, 0.1) is 0 Å². The lowest BCUT2D eigenvalue weighted by Gasteiger charge is -2.20. The summed E-state index contributed by atoms with van der Waals surface area (Å²) in [5.74, 6) is 0. The lowest BCUT2D eigenvalue weighted by atomic mass is 10.2. The van der Waals surface area contributed by atoms with Crippen molar-refractivity contribution >= 4 is 6.09 Å². The zero-order chi connectivity index (χ0) is 13.6. The molecule has 0 bridgehead atoms. The zero-order valence-electron chi connectivity index (χ0n) is 10.7. The third kappa shape index (κ3) is 7.96. The first-order valence-electron chi connectivity index (χ1n) is 5.18. The number of carbonyl (C=O) groups excluding carboxylic acids is 1. The van der Waals surface area contributed by atoms with Crippen LogP contribution in [0.1, 0.15) is 20.8 Å². The molecule has 0 atom stereocenters. The van der Waals surface area contributed by atoms with Gasteiger partial charge >= 0.3 is 6.09 Å². The van der Waals surface area contributed by atoms with Crippen LogP contribution in [-0.4, -0.2) is 18.2 Å². The standard InChI is InChI=1S/C12H21N3O2/c1-8(13)6-10(9(2)14)7-15-11(16)17-12(3,4)5/h6H,1-2,7,13-14H2,3-5H3,(H,15,16)/b10-6-. The van der Waals surface area contributed by atoms with Crippen molar-refractivity contribution < 1.29 is 9.53 Å². The van der Waals surface area contributed by atoms with E-state index in [1.807, 2.05) is 0 Å². The smallest absolute Gasteiger partial charge is 0.407 e. The van der Waals surface area contributed by atoms with E-state index in [4.69, 9.17) is 16.2 Å². The molecule has 0 aromatic heterocycles. The van der Waals surface area contributed by atoms with E-state index in [0.717, 1.165) is 0 Å². The van der Waals surface area contributed by atoms with Crippen LogP contribution in [0, 0.1) is 0 Å². The van der Waals surface area contributed by atoms with Crippen LogP contribution >= 0.6 is 0 Å². The molecule has 1 amide bonds. The van der Waals surface area contributed by atoms with E-state index in [9.17, 15) is 4.79 Å². The molecule has 0 spiro atoms. The van der Waals surface area contributed by atoms with E-state index in [2.05, 4.69) is 18.5 Å². The number of ether oxygens (including phenoxy) is 1. The van der Waals surface area contributed by atoms with Gasteiger partial charge in [0.2, 0.25) is 0 Å². The first-order valence-corrected chi connectivity index (χ1v) is 5.18. The summed E-state index contributed by atoms with van der Waals surface area (Å²) in [4.78, 5) is 11.4. The van der Waals surface area contributed by atoms with Crippen molar-refractivity contribution in [1.82, 2.24) is 5.32 Å². The number of alkyl carbamates (subject to hydrolysis) is 1. The lowest BCUT2D eigenvalue weighted by molar-refractivity contribution is 0.0533. The average molecular weight is 239 g/mol. The summed E-state index contributed by atoms with van der Waals surface area (Å²) in [5, 5.41) is 2.56. The highest BCUT2D eigenvalue weighted by Gasteiger charge is 2.16. The maximum Gasteiger partial charge on any atom is 0.407 e. The molecule has 0 aliphatic heterocycles. The van der Waals surface area contributed by atoms with Crippen LogP contribution in [0.4, 0.5) is 4.79 Å². The first-order chi connectivity index (χ1) is 7.61. The number of nitrogens with two attached hydrogens (primary N) is 2. The molecule has 5 N–H and O–H groups in total. The number of nitrogens with one attached hydrogen (secondary N) is 1. The van der Waals surface area contributed by atoms with Gasteiger partial charge in [0.15, 0.2) is 0 Å². The van der Waals surface area contributed by atoms with E-state index in [1.165, 1.54) is 0 Å². The van der Waals surface area contributed by atoms with Gasteiger partial charge in [-0.3, -0.25) is 0 Å². The van der Waals surface area contributed by atoms with Crippen molar-refractivity contribution in [3.05, 3.63) is 36.2 Å². The van der Waals surface area contributed by atoms with Crippen molar-refractivity contribution in [3.8, 4) is 0 Å². The largest absolute Gasteiger partial charge is 0.444 e. The quantitative estimate of drug-likeness (QED) is 0.646. The highest BCUT2D eigenvalue weighted by molar-refractivity contribution is 5.68. The predicted octanol–water partition coefficient (Wildman–Crippen LogP) is 1.38. The summed E-state index contributed by atoms with van der Waals surface area (Å²) in [6.07, 6.45) is 1.03. The Labute approximate surface area is 102 Å².